The number of carbonyl (C=O) groups excluding carboxylic acids is 1. The fourth-order valence-electron chi connectivity index (χ4n) is 4.44. The number of benzene rings is 2. The van der Waals surface area contributed by atoms with Gasteiger partial charge in [0.25, 0.3) is 5.91 Å². The van der Waals surface area contributed by atoms with E-state index in [0.29, 0.717) is 36.6 Å². The Bertz CT molecular complexity index is 1600. The van der Waals surface area contributed by atoms with Crippen LogP contribution in [0.3, 0.4) is 0 Å². The second kappa shape index (κ2) is 9.90. The summed E-state index contributed by atoms with van der Waals surface area (Å²) < 4.78 is 38.6. The molecular formula is C24H21Cl2FN6O3S. The standard InChI is InChI=1S/C24H21Cl2FN6O3S/c25-18-2-1-3-19(21(18)26)31-22-17(12-29-23-20(37(28,35)36)13-30-33(22)23)24(34)32-10-8-15(9-11-32)14-4-6-16(27)7-5-14/h1-7,12-13,15,31H,8-11H2,(H2,28,35,36). The smallest absolute Gasteiger partial charge is 0.259 e. The highest BCUT2D eigenvalue weighted by Gasteiger charge is 2.29. The van der Waals surface area contributed by atoms with Crippen LogP contribution in [0, 0.1) is 5.82 Å². The summed E-state index contributed by atoms with van der Waals surface area (Å²) in [6.45, 7) is 0.940. The molecule has 1 aliphatic rings. The van der Waals surface area contributed by atoms with E-state index >= 15 is 0 Å². The first-order valence-electron chi connectivity index (χ1n) is 11.3. The summed E-state index contributed by atoms with van der Waals surface area (Å²) in [5.74, 6) is -0.241. The van der Waals surface area contributed by atoms with Crippen molar-refractivity contribution in [3.63, 3.8) is 0 Å². The molecule has 1 fully saturated rings. The molecule has 2 aromatic carbocycles. The summed E-state index contributed by atoms with van der Waals surface area (Å²) >= 11 is 12.5. The Morgan fingerprint density at radius 1 is 1.08 bits per heavy atom. The van der Waals surface area contributed by atoms with Gasteiger partial charge in [-0.3, -0.25) is 4.79 Å². The molecule has 0 saturated carbocycles. The van der Waals surface area contributed by atoms with Crippen LogP contribution >= 0.6 is 23.2 Å². The highest BCUT2D eigenvalue weighted by Crippen LogP contribution is 2.34. The van der Waals surface area contributed by atoms with Crippen molar-refractivity contribution in [1.82, 2.24) is 19.5 Å². The molecule has 2 aromatic heterocycles. The number of likely N-dealkylation sites (tertiary alicyclic amines) is 1. The summed E-state index contributed by atoms with van der Waals surface area (Å²) in [6, 6.07) is 11.4. The molecule has 1 saturated heterocycles. The Labute approximate surface area is 222 Å². The Kier molecular flexibility index (Phi) is 6.80. The molecule has 0 unspecified atom stereocenters. The fourth-order valence-corrected chi connectivity index (χ4v) is 5.37. The van der Waals surface area contributed by atoms with Gasteiger partial charge in [0.2, 0.25) is 10.0 Å². The van der Waals surface area contributed by atoms with Crippen LogP contribution in [-0.2, 0) is 10.0 Å². The number of hydrogen-bond acceptors (Lipinski definition) is 6. The van der Waals surface area contributed by atoms with E-state index in [1.165, 1.54) is 22.8 Å². The molecule has 3 N–H and O–H groups in total. The van der Waals surface area contributed by atoms with Crippen molar-refractivity contribution in [3.05, 3.63) is 81.8 Å². The number of halogens is 3. The van der Waals surface area contributed by atoms with Gasteiger partial charge in [0.1, 0.15) is 22.1 Å². The Morgan fingerprint density at radius 2 is 1.78 bits per heavy atom. The van der Waals surface area contributed by atoms with Crippen molar-refractivity contribution >= 4 is 56.3 Å². The molecule has 37 heavy (non-hydrogen) atoms. The van der Waals surface area contributed by atoms with Crippen LogP contribution in [0.5, 0.6) is 0 Å². The molecule has 1 amide bonds. The van der Waals surface area contributed by atoms with Gasteiger partial charge in [0, 0.05) is 19.3 Å². The van der Waals surface area contributed by atoms with Gasteiger partial charge in [-0.1, -0.05) is 41.4 Å². The molecule has 0 spiro atoms. The minimum Gasteiger partial charge on any atom is -0.338 e. The Hall–Kier alpha value is -3.25. The topological polar surface area (TPSA) is 123 Å². The lowest BCUT2D eigenvalue weighted by molar-refractivity contribution is 0.0713. The average molecular weight is 563 g/mol. The first kappa shape index (κ1) is 25.4. The van der Waals surface area contributed by atoms with Crippen LogP contribution in [0.2, 0.25) is 10.0 Å². The summed E-state index contributed by atoms with van der Waals surface area (Å²) in [7, 11) is -4.12. The van der Waals surface area contributed by atoms with Crippen LogP contribution < -0.4 is 10.5 Å². The zero-order chi connectivity index (χ0) is 26.3. The van der Waals surface area contributed by atoms with Crippen molar-refractivity contribution in [2.45, 2.75) is 23.7 Å². The van der Waals surface area contributed by atoms with E-state index in [1.54, 1.807) is 35.2 Å². The number of piperidine rings is 1. The van der Waals surface area contributed by atoms with Crippen LogP contribution in [-0.4, -0.2) is 46.9 Å². The van der Waals surface area contributed by atoms with E-state index in [9.17, 15) is 17.6 Å². The zero-order valence-electron chi connectivity index (χ0n) is 19.2. The number of sulfonamides is 1. The molecule has 0 radical (unpaired) electrons. The number of carbonyl (C=O) groups is 1. The van der Waals surface area contributed by atoms with E-state index in [2.05, 4.69) is 15.4 Å². The van der Waals surface area contributed by atoms with Gasteiger partial charge in [-0.25, -0.2) is 22.9 Å². The van der Waals surface area contributed by atoms with Gasteiger partial charge < -0.3 is 10.2 Å². The van der Waals surface area contributed by atoms with Crippen LogP contribution in [0.15, 0.2) is 59.8 Å². The summed E-state index contributed by atoms with van der Waals surface area (Å²) in [5.41, 5.74) is 1.53. The molecule has 0 bridgehead atoms. The predicted molar refractivity (Wildman–Crippen MR) is 138 cm³/mol. The van der Waals surface area contributed by atoms with Crippen molar-refractivity contribution in [2.24, 2.45) is 5.14 Å². The summed E-state index contributed by atoms with van der Waals surface area (Å²) in [4.78, 5) is 19.3. The van der Waals surface area contributed by atoms with Gasteiger partial charge in [0.15, 0.2) is 5.65 Å². The third-order valence-corrected chi connectivity index (χ3v) is 8.08. The van der Waals surface area contributed by atoms with Crippen LogP contribution in [0.4, 0.5) is 15.9 Å². The molecule has 4 aromatic rings. The number of nitrogens with two attached hydrogens (primary N) is 1. The number of fused-ring (bicyclic) bond motifs is 1. The minimum atomic E-state index is -4.12. The first-order chi connectivity index (χ1) is 17.6. The predicted octanol–water partition coefficient (Wildman–Crippen LogP) is 4.59. The molecule has 5 rings (SSSR count). The molecule has 0 atom stereocenters. The van der Waals surface area contributed by atoms with E-state index in [1.807, 2.05) is 0 Å². The van der Waals surface area contributed by atoms with Crippen LogP contribution in [0.1, 0.15) is 34.7 Å². The van der Waals surface area contributed by atoms with Gasteiger partial charge in [-0.15, -0.1) is 0 Å². The lowest BCUT2D eigenvalue weighted by Gasteiger charge is -2.32. The average Bonchev–Trinajstić information content (AvgIpc) is 3.33. The number of primary sulfonamides is 1. The third kappa shape index (κ3) is 4.99. The van der Waals surface area contributed by atoms with E-state index in [0.717, 1.165) is 11.8 Å². The highest BCUT2D eigenvalue weighted by molar-refractivity contribution is 7.89. The van der Waals surface area contributed by atoms with Crippen molar-refractivity contribution in [2.75, 3.05) is 18.4 Å². The lowest BCUT2D eigenvalue weighted by Crippen LogP contribution is -2.38. The number of hydrogen-bond donors (Lipinski definition) is 2. The lowest BCUT2D eigenvalue weighted by atomic mass is 9.89. The fraction of sp³-hybridized carbons (Fsp3) is 0.208. The number of aromatic nitrogens is 3. The van der Waals surface area contributed by atoms with Crippen molar-refractivity contribution < 1.29 is 17.6 Å². The molecule has 9 nitrogen and oxygen atoms in total. The van der Waals surface area contributed by atoms with Gasteiger partial charge in [0.05, 0.1) is 21.9 Å². The molecule has 0 aliphatic carbocycles. The molecule has 3 heterocycles. The second-order valence-electron chi connectivity index (χ2n) is 8.65. The minimum absolute atomic E-state index is 0.0466. The molecule has 192 valence electrons. The molecular weight excluding hydrogens is 542 g/mol. The van der Waals surface area contributed by atoms with Crippen molar-refractivity contribution in [3.8, 4) is 0 Å². The number of nitrogens with one attached hydrogen (secondary N) is 1. The maximum Gasteiger partial charge on any atom is 0.259 e. The monoisotopic (exact) mass is 562 g/mol. The van der Waals surface area contributed by atoms with Gasteiger partial charge >= 0.3 is 0 Å². The molecule has 13 heteroatoms. The largest absolute Gasteiger partial charge is 0.338 e. The van der Waals surface area contributed by atoms with E-state index in [4.69, 9.17) is 28.3 Å². The summed E-state index contributed by atoms with van der Waals surface area (Å²) in [5, 5.41) is 13.0. The maximum atomic E-state index is 13.7. The number of rotatable bonds is 5. The molecule has 1 aliphatic heterocycles. The first-order valence-corrected chi connectivity index (χ1v) is 13.6. The Balaban J connectivity index is 1.50. The van der Waals surface area contributed by atoms with Gasteiger partial charge in [-0.05, 0) is 48.6 Å². The van der Waals surface area contributed by atoms with Crippen LogP contribution in [0.25, 0.3) is 5.65 Å². The number of nitrogens with zero attached hydrogens (tertiary/aromatic N) is 4. The maximum absolute atomic E-state index is 13.7. The van der Waals surface area contributed by atoms with Crippen molar-refractivity contribution in [1.29, 1.82) is 0 Å². The highest BCUT2D eigenvalue weighted by atomic mass is 35.5. The van der Waals surface area contributed by atoms with E-state index < -0.39 is 10.0 Å². The zero-order valence-corrected chi connectivity index (χ0v) is 21.6. The quantitative estimate of drug-likeness (QED) is 0.367. The Morgan fingerprint density at radius 3 is 2.46 bits per heavy atom. The number of anilines is 2. The SMILES string of the molecule is NS(=O)(=O)c1cnn2c(Nc3cccc(Cl)c3Cl)c(C(=O)N3CCC(c4ccc(F)cc4)CC3)cnc12. The number of amides is 1. The second-order valence-corrected chi connectivity index (χ2v) is 11.0. The third-order valence-electron chi connectivity index (χ3n) is 6.36. The normalized spacial score (nSPS) is 14.8. The van der Waals surface area contributed by atoms with E-state index in [-0.39, 0.29) is 44.6 Å². The summed E-state index contributed by atoms with van der Waals surface area (Å²) in [6.07, 6.45) is 3.77. The van der Waals surface area contributed by atoms with Gasteiger partial charge in [-0.2, -0.15) is 9.61 Å².